The molecule has 0 atom stereocenters. The molecule has 0 amide bonds. The van der Waals surface area contributed by atoms with Crippen LogP contribution in [0.25, 0.3) is 0 Å². The second-order valence-corrected chi connectivity index (χ2v) is 2.11. The third-order valence-electron chi connectivity index (χ3n) is 1.33. The molecule has 1 aromatic heterocycles. The Morgan fingerprint density at radius 3 is 3.15 bits per heavy atom. The van der Waals surface area contributed by atoms with Gasteiger partial charge in [0.05, 0.1) is 16.7 Å². The van der Waals surface area contributed by atoms with E-state index in [1.165, 1.54) is 25.6 Å². The number of hydrogen-bond donors (Lipinski definition) is 0. The highest BCUT2D eigenvalue weighted by Crippen LogP contribution is 2.13. The lowest BCUT2D eigenvalue weighted by molar-refractivity contribution is -0.385. The fourth-order valence-electron chi connectivity index (χ4n) is 0.768. The summed E-state index contributed by atoms with van der Waals surface area (Å²) in [6.07, 6.45) is 3.88. The molecular formula is C7H7N3O3. The molecule has 0 N–H and O–H groups in total. The molecule has 0 aliphatic rings. The largest absolute Gasteiger partial charge is 0.399 e. The number of oxime groups is 1. The second-order valence-electron chi connectivity index (χ2n) is 2.11. The molecule has 68 valence electrons. The van der Waals surface area contributed by atoms with Crippen LogP contribution in [0, 0.1) is 10.1 Å². The second kappa shape index (κ2) is 4.15. The summed E-state index contributed by atoms with van der Waals surface area (Å²) < 4.78 is 0. The van der Waals surface area contributed by atoms with Gasteiger partial charge in [0.15, 0.2) is 0 Å². The summed E-state index contributed by atoms with van der Waals surface area (Å²) in [5.74, 6) is 0. The van der Waals surface area contributed by atoms with E-state index in [0.29, 0.717) is 5.56 Å². The van der Waals surface area contributed by atoms with E-state index in [4.69, 9.17) is 0 Å². The van der Waals surface area contributed by atoms with Crippen LogP contribution in [0.5, 0.6) is 0 Å². The van der Waals surface area contributed by atoms with E-state index in [2.05, 4.69) is 15.0 Å². The smallest absolute Gasteiger partial charge is 0.296 e. The zero-order valence-electron chi connectivity index (χ0n) is 6.88. The molecule has 1 rings (SSSR count). The Bertz CT molecular complexity index is 338. The molecule has 6 nitrogen and oxygen atoms in total. The molecule has 0 saturated heterocycles. The average Bonchev–Trinajstić information content (AvgIpc) is 2.15. The summed E-state index contributed by atoms with van der Waals surface area (Å²) in [6, 6.07) is 1.49. The van der Waals surface area contributed by atoms with Gasteiger partial charge in [-0.05, 0) is 6.07 Å². The molecule has 0 aliphatic carbocycles. The van der Waals surface area contributed by atoms with Gasteiger partial charge in [0.1, 0.15) is 13.3 Å². The van der Waals surface area contributed by atoms with Crippen LogP contribution < -0.4 is 0 Å². The van der Waals surface area contributed by atoms with Gasteiger partial charge >= 0.3 is 0 Å². The Hall–Kier alpha value is -1.98. The van der Waals surface area contributed by atoms with Gasteiger partial charge in [0.2, 0.25) is 0 Å². The molecule has 0 saturated carbocycles. The molecular weight excluding hydrogens is 174 g/mol. The molecule has 0 bridgehead atoms. The minimum absolute atomic E-state index is 0.0942. The van der Waals surface area contributed by atoms with Gasteiger partial charge in [0, 0.05) is 6.20 Å². The van der Waals surface area contributed by atoms with Gasteiger partial charge in [-0.2, -0.15) is 0 Å². The lowest BCUT2D eigenvalue weighted by Gasteiger charge is -1.94. The molecule has 6 heteroatoms. The zero-order chi connectivity index (χ0) is 9.68. The maximum Gasteiger partial charge on any atom is 0.296 e. The van der Waals surface area contributed by atoms with Crippen molar-refractivity contribution in [1.29, 1.82) is 0 Å². The van der Waals surface area contributed by atoms with Crippen molar-refractivity contribution in [2.45, 2.75) is 0 Å². The van der Waals surface area contributed by atoms with Crippen LogP contribution in [0.3, 0.4) is 0 Å². The maximum atomic E-state index is 10.4. The van der Waals surface area contributed by atoms with Crippen LogP contribution in [0.4, 0.5) is 5.69 Å². The molecule has 0 aromatic carbocycles. The van der Waals surface area contributed by atoms with Crippen molar-refractivity contribution in [2.24, 2.45) is 5.16 Å². The lowest BCUT2D eigenvalue weighted by atomic mass is 10.2. The normalized spacial score (nSPS) is 10.2. The predicted octanol–water partition coefficient (Wildman–Crippen LogP) is 0.970. The minimum Gasteiger partial charge on any atom is -0.399 e. The Kier molecular flexibility index (Phi) is 2.91. The molecule has 0 unspecified atom stereocenters. The van der Waals surface area contributed by atoms with Crippen LogP contribution in [0.2, 0.25) is 0 Å². The van der Waals surface area contributed by atoms with Gasteiger partial charge in [-0.25, -0.2) is 0 Å². The van der Waals surface area contributed by atoms with Crippen molar-refractivity contribution in [3.05, 3.63) is 34.1 Å². The third kappa shape index (κ3) is 2.22. The summed E-state index contributed by atoms with van der Waals surface area (Å²) in [5.41, 5.74) is 0.269. The van der Waals surface area contributed by atoms with Gasteiger partial charge in [-0.3, -0.25) is 15.1 Å². The van der Waals surface area contributed by atoms with E-state index < -0.39 is 4.92 Å². The van der Waals surface area contributed by atoms with Crippen LogP contribution in [0.1, 0.15) is 5.56 Å². The summed E-state index contributed by atoms with van der Waals surface area (Å²) in [7, 11) is 1.36. The van der Waals surface area contributed by atoms with E-state index in [1.807, 2.05) is 0 Å². The first-order valence-corrected chi connectivity index (χ1v) is 3.40. The maximum absolute atomic E-state index is 10.4. The van der Waals surface area contributed by atoms with E-state index >= 15 is 0 Å². The van der Waals surface area contributed by atoms with Crippen molar-refractivity contribution >= 4 is 11.9 Å². The summed E-state index contributed by atoms with van der Waals surface area (Å²) in [5, 5.41) is 13.9. The quantitative estimate of drug-likeness (QED) is 0.395. The third-order valence-corrected chi connectivity index (χ3v) is 1.33. The molecule has 13 heavy (non-hydrogen) atoms. The van der Waals surface area contributed by atoms with Crippen LogP contribution in [-0.4, -0.2) is 23.2 Å². The number of nitrogens with zero attached hydrogens (tertiary/aromatic N) is 3. The minimum atomic E-state index is -0.524. The lowest BCUT2D eigenvalue weighted by Crippen LogP contribution is -1.95. The van der Waals surface area contributed by atoms with Gasteiger partial charge < -0.3 is 4.84 Å². The Morgan fingerprint density at radius 2 is 2.54 bits per heavy atom. The average molecular weight is 181 g/mol. The highest BCUT2D eigenvalue weighted by atomic mass is 16.6. The zero-order valence-corrected chi connectivity index (χ0v) is 6.88. The van der Waals surface area contributed by atoms with Gasteiger partial charge in [-0.15, -0.1) is 0 Å². The Morgan fingerprint density at radius 1 is 1.77 bits per heavy atom. The summed E-state index contributed by atoms with van der Waals surface area (Å²) in [4.78, 5) is 18.0. The monoisotopic (exact) mass is 181 g/mol. The summed E-state index contributed by atoms with van der Waals surface area (Å²) in [6.45, 7) is 0. The SMILES string of the molecule is CO/N=C/c1ccncc1[N+](=O)[O-]. The van der Waals surface area contributed by atoms with Gasteiger partial charge in [0.25, 0.3) is 5.69 Å². The van der Waals surface area contributed by atoms with Crippen LogP contribution >= 0.6 is 0 Å². The first-order chi connectivity index (χ1) is 6.25. The van der Waals surface area contributed by atoms with Crippen LogP contribution in [-0.2, 0) is 4.84 Å². The molecule has 1 heterocycles. The molecule has 1 aromatic rings. The van der Waals surface area contributed by atoms with E-state index in [-0.39, 0.29) is 5.69 Å². The van der Waals surface area contributed by atoms with Crippen molar-refractivity contribution in [1.82, 2.24) is 4.98 Å². The van der Waals surface area contributed by atoms with Crippen molar-refractivity contribution in [3.63, 3.8) is 0 Å². The topological polar surface area (TPSA) is 77.6 Å². The van der Waals surface area contributed by atoms with Crippen molar-refractivity contribution in [3.8, 4) is 0 Å². The Balaban J connectivity index is 3.05. The number of pyridine rings is 1. The molecule has 0 aliphatic heterocycles. The molecule has 0 spiro atoms. The van der Waals surface area contributed by atoms with Crippen molar-refractivity contribution < 1.29 is 9.76 Å². The standard InChI is InChI=1S/C7H7N3O3/c1-13-9-4-6-2-3-8-5-7(6)10(11)12/h2-5H,1H3/b9-4+. The number of rotatable bonds is 3. The van der Waals surface area contributed by atoms with Crippen LogP contribution in [0.15, 0.2) is 23.6 Å². The highest BCUT2D eigenvalue weighted by Gasteiger charge is 2.10. The van der Waals surface area contributed by atoms with Crippen molar-refractivity contribution in [2.75, 3.05) is 7.11 Å². The number of hydrogen-bond acceptors (Lipinski definition) is 5. The summed E-state index contributed by atoms with van der Waals surface area (Å²) >= 11 is 0. The first-order valence-electron chi connectivity index (χ1n) is 3.40. The Labute approximate surface area is 74.0 Å². The predicted molar refractivity (Wildman–Crippen MR) is 45.5 cm³/mol. The molecule has 0 radical (unpaired) electrons. The number of aromatic nitrogens is 1. The fourth-order valence-corrected chi connectivity index (χ4v) is 0.768. The van der Waals surface area contributed by atoms with Gasteiger partial charge in [-0.1, -0.05) is 5.16 Å². The van der Waals surface area contributed by atoms with E-state index in [1.54, 1.807) is 0 Å². The van der Waals surface area contributed by atoms with E-state index in [0.717, 1.165) is 6.20 Å². The molecule has 0 fully saturated rings. The first kappa shape index (κ1) is 9.11. The highest BCUT2D eigenvalue weighted by molar-refractivity contribution is 5.84. The fraction of sp³-hybridized carbons (Fsp3) is 0.143. The number of nitro groups is 1. The van der Waals surface area contributed by atoms with E-state index in [9.17, 15) is 10.1 Å².